The Labute approximate surface area is 168 Å². The van der Waals surface area contributed by atoms with Gasteiger partial charge in [-0.15, -0.1) is 0 Å². The Hall–Kier alpha value is -2.33. The van der Waals surface area contributed by atoms with Crippen LogP contribution in [0.5, 0.6) is 5.75 Å². The summed E-state index contributed by atoms with van der Waals surface area (Å²) in [5, 5.41) is 0. The van der Waals surface area contributed by atoms with Crippen LogP contribution >= 0.6 is 0 Å². The van der Waals surface area contributed by atoms with Crippen molar-refractivity contribution in [2.24, 2.45) is 5.92 Å². The SMILES string of the molecule is CCOc1ccc(CCC2CCN(C(=O)c3cccc(COC)c3)CC2)cc1. The molecule has 0 aromatic heterocycles. The average Bonchev–Trinajstić information content (AvgIpc) is 2.74. The molecule has 0 bridgehead atoms. The molecular formula is C24H31NO3. The maximum atomic E-state index is 12.8. The standard InChI is InChI=1S/C24H31NO3/c1-3-28-23-11-9-19(10-12-23)7-8-20-13-15-25(16-14-20)24(26)22-6-4-5-21(17-22)18-27-2/h4-6,9-12,17,20H,3,7-8,13-16,18H2,1-2H3. The van der Waals surface area contributed by atoms with Crippen LogP contribution in [0, 0.1) is 5.92 Å². The Morgan fingerprint density at radius 1 is 1.07 bits per heavy atom. The van der Waals surface area contributed by atoms with Gasteiger partial charge in [-0.25, -0.2) is 0 Å². The minimum Gasteiger partial charge on any atom is -0.494 e. The summed E-state index contributed by atoms with van der Waals surface area (Å²) in [6, 6.07) is 16.2. The van der Waals surface area contributed by atoms with E-state index in [4.69, 9.17) is 9.47 Å². The van der Waals surface area contributed by atoms with Crippen molar-refractivity contribution in [2.75, 3.05) is 26.8 Å². The van der Waals surface area contributed by atoms with Gasteiger partial charge in [0.2, 0.25) is 0 Å². The Bertz CT molecular complexity index is 749. The molecule has 28 heavy (non-hydrogen) atoms. The first-order valence-electron chi connectivity index (χ1n) is 10.3. The van der Waals surface area contributed by atoms with Crippen LogP contribution in [-0.2, 0) is 17.8 Å². The third-order valence-corrected chi connectivity index (χ3v) is 5.46. The number of rotatable bonds is 8. The Morgan fingerprint density at radius 2 is 1.82 bits per heavy atom. The minimum absolute atomic E-state index is 0.142. The largest absolute Gasteiger partial charge is 0.494 e. The van der Waals surface area contributed by atoms with Crippen LogP contribution < -0.4 is 4.74 Å². The maximum absolute atomic E-state index is 12.8. The Kier molecular flexibility index (Phi) is 7.49. The van der Waals surface area contributed by atoms with Crippen LogP contribution in [0.4, 0.5) is 0 Å². The van der Waals surface area contributed by atoms with Crippen LogP contribution in [0.15, 0.2) is 48.5 Å². The molecular weight excluding hydrogens is 350 g/mol. The summed E-state index contributed by atoms with van der Waals surface area (Å²) < 4.78 is 10.7. The third-order valence-electron chi connectivity index (χ3n) is 5.46. The Balaban J connectivity index is 1.46. The highest BCUT2D eigenvalue weighted by atomic mass is 16.5. The van der Waals surface area contributed by atoms with Gasteiger partial charge in [0.1, 0.15) is 5.75 Å². The van der Waals surface area contributed by atoms with Crippen LogP contribution in [-0.4, -0.2) is 37.6 Å². The van der Waals surface area contributed by atoms with E-state index in [0.29, 0.717) is 19.1 Å². The molecule has 1 heterocycles. The quantitative estimate of drug-likeness (QED) is 0.664. The van der Waals surface area contributed by atoms with E-state index in [1.54, 1.807) is 7.11 Å². The molecule has 0 spiro atoms. The molecule has 0 N–H and O–H groups in total. The monoisotopic (exact) mass is 381 g/mol. The highest BCUT2D eigenvalue weighted by molar-refractivity contribution is 5.94. The fourth-order valence-corrected chi connectivity index (χ4v) is 3.86. The molecule has 3 rings (SSSR count). The number of aryl methyl sites for hydroxylation is 1. The average molecular weight is 382 g/mol. The number of carbonyl (C=O) groups is 1. The van der Waals surface area contributed by atoms with Gasteiger partial charge in [-0.3, -0.25) is 4.79 Å². The number of ether oxygens (including phenoxy) is 2. The number of carbonyl (C=O) groups excluding carboxylic acids is 1. The van der Waals surface area contributed by atoms with Crippen molar-refractivity contribution in [2.45, 2.75) is 39.2 Å². The van der Waals surface area contributed by atoms with E-state index in [1.165, 1.54) is 12.0 Å². The predicted molar refractivity (Wildman–Crippen MR) is 112 cm³/mol. The molecule has 1 amide bonds. The van der Waals surface area contributed by atoms with Crippen molar-refractivity contribution < 1.29 is 14.3 Å². The van der Waals surface area contributed by atoms with E-state index in [2.05, 4.69) is 24.3 Å². The molecule has 0 unspecified atom stereocenters. The second-order valence-electron chi connectivity index (χ2n) is 7.48. The number of hydrogen-bond donors (Lipinski definition) is 0. The molecule has 0 saturated carbocycles. The first-order valence-corrected chi connectivity index (χ1v) is 10.3. The second kappa shape index (κ2) is 10.3. The Morgan fingerprint density at radius 3 is 2.50 bits per heavy atom. The molecule has 4 heteroatoms. The first-order chi connectivity index (χ1) is 13.7. The van der Waals surface area contributed by atoms with E-state index >= 15 is 0 Å². The first kappa shape index (κ1) is 20.4. The lowest BCUT2D eigenvalue weighted by atomic mass is 9.90. The zero-order valence-corrected chi connectivity index (χ0v) is 17.0. The highest BCUT2D eigenvalue weighted by Gasteiger charge is 2.23. The summed E-state index contributed by atoms with van der Waals surface area (Å²) in [6.07, 6.45) is 4.43. The highest BCUT2D eigenvalue weighted by Crippen LogP contribution is 2.24. The van der Waals surface area contributed by atoms with Gasteiger partial charge >= 0.3 is 0 Å². The van der Waals surface area contributed by atoms with E-state index in [-0.39, 0.29) is 5.91 Å². The molecule has 4 nitrogen and oxygen atoms in total. The molecule has 1 fully saturated rings. The fraction of sp³-hybridized carbons (Fsp3) is 0.458. The summed E-state index contributed by atoms with van der Waals surface area (Å²) in [5.74, 6) is 1.77. The van der Waals surface area contributed by atoms with Crippen molar-refractivity contribution in [1.82, 2.24) is 4.90 Å². The topological polar surface area (TPSA) is 38.8 Å². The molecule has 1 saturated heterocycles. The van der Waals surface area contributed by atoms with Crippen molar-refractivity contribution in [3.8, 4) is 5.75 Å². The van der Waals surface area contributed by atoms with Gasteiger partial charge in [0, 0.05) is 25.8 Å². The minimum atomic E-state index is 0.142. The molecule has 1 aliphatic rings. The molecule has 0 radical (unpaired) electrons. The number of benzene rings is 2. The second-order valence-corrected chi connectivity index (χ2v) is 7.48. The summed E-state index contributed by atoms with van der Waals surface area (Å²) >= 11 is 0. The fourth-order valence-electron chi connectivity index (χ4n) is 3.86. The van der Waals surface area contributed by atoms with E-state index in [0.717, 1.165) is 49.2 Å². The number of likely N-dealkylation sites (tertiary alicyclic amines) is 1. The predicted octanol–water partition coefficient (Wildman–Crippen LogP) is 4.72. The van der Waals surface area contributed by atoms with Gasteiger partial charge < -0.3 is 14.4 Å². The molecule has 0 aliphatic carbocycles. The van der Waals surface area contributed by atoms with E-state index < -0.39 is 0 Å². The van der Waals surface area contributed by atoms with E-state index in [1.807, 2.05) is 36.1 Å². The number of piperidine rings is 1. The summed E-state index contributed by atoms with van der Waals surface area (Å²) in [5.41, 5.74) is 3.16. The lowest BCUT2D eigenvalue weighted by Crippen LogP contribution is -2.38. The van der Waals surface area contributed by atoms with Gasteiger partial charge in [-0.1, -0.05) is 24.3 Å². The molecule has 2 aromatic carbocycles. The summed E-state index contributed by atoms with van der Waals surface area (Å²) in [7, 11) is 1.67. The van der Waals surface area contributed by atoms with Crippen LogP contribution in [0.25, 0.3) is 0 Å². The summed E-state index contributed by atoms with van der Waals surface area (Å²) in [4.78, 5) is 14.8. The normalized spacial score (nSPS) is 14.9. The third kappa shape index (κ3) is 5.59. The number of methoxy groups -OCH3 is 1. The summed E-state index contributed by atoms with van der Waals surface area (Å²) in [6.45, 7) is 4.94. The van der Waals surface area contributed by atoms with Crippen molar-refractivity contribution >= 4 is 5.91 Å². The number of nitrogens with zero attached hydrogens (tertiary/aromatic N) is 1. The maximum Gasteiger partial charge on any atom is 0.253 e. The zero-order valence-electron chi connectivity index (χ0n) is 17.0. The van der Waals surface area contributed by atoms with Crippen molar-refractivity contribution in [3.63, 3.8) is 0 Å². The van der Waals surface area contributed by atoms with Crippen LogP contribution in [0.2, 0.25) is 0 Å². The lowest BCUT2D eigenvalue weighted by Gasteiger charge is -2.32. The van der Waals surface area contributed by atoms with Crippen LogP contribution in [0.1, 0.15) is 47.7 Å². The van der Waals surface area contributed by atoms with Gasteiger partial charge in [-0.05, 0) is 73.9 Å². The smallest absolute Gasteiger partial charge is 0.253 e. The van der Waals surface area contributed by atoms with Crippen molar-refractivity contribution in [1.29, 1.82) is 0 Å². The van der Waals surface area contributed by atoms with E-state index in [9.17, 15) is 4.79 Å². The molecule has 1 aliphatic heterocycles. The van der Waals surface area contributed by atoms with Crippen molar-refractivity contribution in [3.05, 3.63) is 65.2 Å². The molecule has 150 valence electrons. The van der Waals surface area contributed by atoms with Gasteiger partial charge in [-0.2, -0.15) is 0 Å². The van der Waals surface area contributed by atoms with Gasteiger partial charge in [0.25, 0.3) is 5.91 Å². The molecule has 0 atom stereocenters. The lowest BCUT2D eigenvalue weighted by molar-refractivity contribution is 0.0686. The number of hydrogen-bond acceptors (Lipinski definition) is 3. The van der Waals surface area contributed by atoms with Crippen LogP contribution in [0.3, 0.4) is 0 Å². The van der Waals surface area contributed by atoms with Gasteiger partial charge in [0.05, 0.1) is 13.2 Å². The van der Waals surface area contributed by atoms with Gasteiger partial charge in [0.15, 0.2) is 0 Å². The number of amides is 1. The molecule has 2 aromatic rings. The zero-order chi connectivity index (χ0) is 19.8.